The van der Waals surface area contributed by atoms with Gasteiger partial charge in [0.05, 0.1) is 32.3 Å². The molecular weight excluding hydrogens is 557 g/mol. The monoisotopic (exact) mass is 592 g/mol. The minimum absolute atomic E-state index is 0.00511. The van der Waals surface area contributed by atoms with E-state index < -0.39 is 31.1 Å². The number of carbonyl (C=O) groups excluding carboxylic acids is 3. The van der Waals surface area contributed by atoms with Crippen molar-refractivity contribution in [3.05, 3.63) is 77.1 Å². The number of rotatable bonds is 9. The first-order valence-corrected chi connectivity index (χ1v) is 13.0. The Morgan fingerprint density at radius 3 is 2.64 bits per heavy atom. The first-order chi connectivity index (χ1) is 20.1. The van der Waals surface area contributed by atoms with Crippen LogP contribution in [0.2, 0.25) is 0 Å². The Morgan fingerprint density at radius 1 is 1.31 bits per heavy atom. The Balaban J connectivity index is 0.000000248. The minimum Gasteiger partial charge on any atom is -0.382 e. The number of carbonyl (C=O) groups is 3. The van der Waals surface area contributed by atoms with Crippen LogP contribution in [-0.4, -0.2) is 79.6 Å². The summed E-state index contributed by atoms with van der Waals surface area (Å²) in [7, 11) is 3.17. The average Bonchev–Trinajstić information content (AvgIpc) is 3.47. The molecule has 228 valence electrons. The van der Waals surface area contributed by atoms with Crippen LogP contribution in [0.25, 0.3) is 0 Å². The van der Waals surface area contributed by atoms with Gasteiger partial charge < -0.3 is 34.9 Å². The summed E-state index contributed by atoms with van der Waals surface area (Å²) < 4.78 is 49.2. The van der Waals surface area contributed by atoms with Crippen LogP contribution in [0.1, 0.15) is 40.1 Å². The number of amides is 3. The molecular formula is C28H35F3N6O5. The number of nitrogens with one attached hydrogen (secondary N) is 3. The van der Waals surface area contributed by atoms with Gasteiger partial charge in [-0.1, -0.05) is 30.3 Å². The summed E-state index contributed by atoms with van der Waals surface area (Å²) in [6.07, 6.45) is 4.27. The fourth-order valence-corrected chi connectivity index (χ4v) is 3.71. The summed E-state index contributed by atoms with van der Waals surface area (Å²) in [5.41, 5.74) is 2.38. The number of urea groups is 1. The largest absolute Gasteiger partial charge is 0.382 e. The molecule has 1 aliphatic heterocycles. The van der Waals surface area contributed by atoms with E-state index in [1.165, 1.54) is 19.4 Å². The van der Waals surface area contributed by atoms with Crippen LogP contribution in [-0.2, 0) is 16.0 Å². The SMILES string of the molecule is CCc1conc1C(=O)NCC=O.CNc1cc(C(COC)N2CC(F)(F)CNC2=O)ccn1.Cc1ccccc1F. The van der Waals surface area contributed by atoms with Crippen LogP contribution < -0.4 is 16.0 Å². The van der Waals surface area contributed by atoms with Gasteiger partial charge in [0.25, 0.3) is 11.8 Å². The smallest absolute Gasteiger partial charge is 0.318 e. The van der Waals surface area contributed by atoms with E-state index in [1.54, 1.807) is 44.4 Å². The van der Waals surface area contributed by atoms with Crippen molar-refractivity contribution in [2.45, 2.75) is 32.2 Å². The Kier molecular flexibility index (Phi) is 13.4. The van der Waals surface area contributed by atoms with Gasteiger partial charge in [-0.25, -0.2) is 22.9 Å². The highest BCUT2D eigenvalue weighted by atomic mass is 19.3. The molecule has 42 heavy (non-hydrogen) atoms. The zero-order chi connectivity index (χ0) is 31.1. The molecule has 1 saturated heterocycles. The topological polar surface area (TPSA) is 139 Å². The molecule has 0 spiro atoms. The lowest BCUT2D eigenvalue weighted by Crippen LogP contribution is -2.58. The van der Waals surface area contributed by atoms with Crippen molar-refractivity contribution in [3.8, 4) is 0 Å². The van der Waals surface area contributed by atoms with Gasteiger partial charge in [-0.3, -0.25) is 4.79 Å². The quantitative estimate of drug-likeness (QED) is 0.319. The fourth-order valence-electron chi connectivity index (χ4n) is 3.71. The van der Waals surface area contributed by atoms with E-state index in [4.69, 9.17) is 4.74 Å². The molecule has 1 fully saturated rings. The van der Waals surface area contributed by atoms with Gasteiger partial charge in [-0.2, -0.15) is 0 Å². The van der Waals surface area contributed by atoms with Crippen LogP contribution in [0.4, 0.5) is 23.8 Å². The van der Waals surface area contributed by atoms with Gasteiger partial charge in [-0.05, 0) is 42.7 Å². The van der Waals surface area contributed by atoms with E-state index >= 15 is 0 Å². The van der Waals surface area contributed by atoms with Crippen LogP contribution in [0.5, 0.6) is 0 Å². The second-order valence-corrected chi connectivity index (χ2v) is 9.01. The van der Waals surface area contributed by atoms with Crippen LogP contribution in [0.3, 0.4) is 0 Å². The van der Waals surface area contributed by atoms with Gasteiger partial charge in [0.2, 0.25) is 0 Å². The van der Waals surface area contributed by atoms with Gasteiger partial charge >= 0.3 is 6.03 Å². The van der Waals surface area contributed by atoms with Crippen molar-refractivity contribution < 1.29 is 36.8 Å². The molecule has 3 amide bonds. The lowest BCUT2D eigenvalue weighted by Gasteiger charge is -2.38. The number of ether oxygens (including phenoxy) is 1. The Morgan fingerprint density at radius 2 is 2.05 bits per heavy atom. The zero-order valence-corrected chi connectivity index (χ0v) is 23.8. The maximum Gasteiger partial charge on any atom is 0.318 e. The summed E-state index contributed by atoms with van der Waals surface area (Å²) in [4.78, 5) is 38.3. The maximum atomic E-state index is 13.6. The lowest BCUT2D eigenvalue weighted by molar-refractivity contribution is -0.107. The Labute approximate surface area is 241 Å². The molecule has 14 heteroatoms. The van der Waals surface area contributed by atoms with Crippen molar-refractivity contribution in [2.75, 3.05) is 45.7 Å². The zero-order valence-electron chi connectivity index (χ0n) is 23.8. The normalized spacial score (nSPS) is 14.3. The highest BCUT2D eigenvalue weighted by molar-refractivity contribution is 5.94. The number of aromatic nitrogens is 2. The number of nitrogens with zero attached hydrogens (tertiary/aromatic N) is 3. The highest BCUT2D eigenvalue weighted by Crippen LogP contribution is 2.28. The van der Waals surface area contributed by atoms with Crippen LogP contribution in [0, 0.1) is 12.7 Å². The summed E-state index contributed by atoms with van der Waals surface area (Å²) in [5.74, 6) is -2.87. The number of alkyl halides is 2. The molecule has 1 atom stereocenters. The summed E-state index contributed by atoms with van der Waals surface area (Å²) in [6.45, 7) is 2.48. The number of hydrogen-bond acceptors (Lipinski definition) is 8. The molecule has 1 unspecified atom stereocenters. The van der Waals surface area contributed by atoms with Gasteiger partial charge in [0.15, 0.2) is 5.69 Å². The van der Waals surface area contributed by atoms with Gasteiger partial charge in [0.1, 0.15) is 24.2 Å². The molecule has 3 N–H and O–H groups in total. The van der Waals surface area contributed by atoms with E-state index in [0.717, 1.165) is 10.5 Å². The van der Waals surface area contributed by atoms with Crippen molar-refractivity contribution in [1.82, 2.24) is 25.7 Å². The lowest BCUT2D eigenvalue weighted by atomic mass is 10.1. The molecule has 3 aromatic rings. The van der Waals surface area contributed by atoms with E-state index in [2.05, 4.69) is 30.6 Å². The highest BCUT2D eigenvalue weighted by Gasteiger charge is 2.42. The molecule has 2 aromatic heterocycles. The average molecular weight is 593 g/mol. The van der Waals surface area contributed by atoms with E-state index in [0.29, 0.717) is 29.7 Å². The number of benzene rings is 1. The third kappa shape index (κ3) is 10.2. The number of anilines is 1. The number of aldehydes is 1. The Hall–Kier alpha value is -4.46. The first kappa shape index (κ1) is 33.7. The molecule has 4 rings (SSSR count). The molecule has 11 nitrogen and oxygen atoms in total. The molecule has 0 aliphatic carbocycles. The second kappa shape index (κ2) is 16.7. The number of halogens is 3. The van der Waals surface area contributed by atoms with Crippen molar-refractivity contribution in [3.63, 3.8) is 0 Å². The van der Waals surface area contributed by atoms with Gasteiger partial charge in [0, 0.05) is 25.9 Å². The molecule has 1 aromatic carbocycles. The fraction of sp³-hybridized carbons (Fsp3) is 0.393. The maximum absolute atomic E-state index is 13.6. The van der Waals surface area contributed by atoms with Crippen LogP contribution in [0.15, 0.2) is 53.4 Å². The van der Waals surface area contributed by atoms with Crippen molar-refractivity contribution in [2.24, 2.45) is 0 Å². The van der Waals surface area contributed by atoms with E-state index in [9.17, 15) is 27.6 Å². The number of aryl methyl sites for hydroxylation is 2. The molecule has 1 aliphatic rings. The number of methoxy groups -OCH3 is 1. The molecule has 0 saturated carbocycles. The predicted molar refractivity (Wildman–Crippen MR) is 149 cm³/mol. The standard InChI is InChI=1S/C13H18F2N4O2.C8H10N2O3.C7H7F/c1-16-11-5-9(3-4-17-11)10(6-21-2)19-8-13(14,15)7-18-12(19)20;1-2-6-5-13-10-7(6)8(12)9-3-4-11;1-6-4-2-3-5-7(6)8/h3-5,10H,6-8H2,1-2H3,(H,16,17)(H,18,20);4-5H,2-3H2,1H3,(H,9,12);2-5H,1H3. The van der Waals surface area contributed by atoms with Crippen LogP contribution >= 0.6 is 0 Å². The minimum atomic E-state index is -2.96. The second-order valence-electron chi connectivity index (χ2n) is 9.01. The van der Waals surface area contributed by atoms with E-state index in [1.807, 2.05) is 13.0 Å². The predicted octanol–water partition coefficient (Wildman–Crippen LogP) is 3.77. The molecule has 3 heterocycles. The van der Waals surface area contributed by atoms with E-state index in [-0.39, 0.29) is 30.6 Å². The van der Waals surface area contributed by atoms with Gasteiger partial charge in [-0.15, -0.1) is 0 Å². The Bertz CT molecular complexity index is 1290. The van der Waals surface area contributed by atoms with Crippen molar-refractivity contribution >= 4 is 24.0 Å². The van der Waals surface area contributed by atoms with Crippen molar-refractivity contribution in [1.29, 1.82) is 0 Å². The summed E-state index contributed by atoms with van der Waals surface area (Å²) in [5, 5.41) is 11.0. The number of hydrogen-bond donors (Lipinski definition) is 3. The summed E-state index contributed by atoms with van der Waals surface area (Å²) in [6, 6.07) is 8.97. The third-order valence-corrected chi connectivity index (χ3v) is 5.95. The number of pyridine rings is 1. The molecule has 0 bridgehead atoms. The molecule has 0 radical (unpaired) electrons. The summed E-state index contributed by atoms with van der Waals surface area (Å²) >= 11 is 0. The third-order valence-electron chi connectivity index (χ3n) is 5.95. The first-order valence-electron chi connectivity index (χ1n) is 13.0.